The molecule has 10 rings (SSSR count). The number of rotatable bonds is 6. The fourth-order valence-corrected chi connectivity index (χ4v) is 9.68. The van der Waals surface area contributed by atoms with Crippen molar-refractivity contribution in [1.29, 1.82) is 0 Å². The Hall–Kier alpha value is -6.18. The summed E-state index contributed by atoms with van der Waals surface area (Å²) in [6.45, 7) is 0. The van der Waals surface area contributed by atoms with Crippen molar-refractivity contribution >= 4 is 45.0 Å². The molecule has 244 valence electrons. The van der Waals surface area contributed by atoms with E-state index in [0.717, 1.165) is 10.0 Å². The fraction of sp³-hybridized carbons (Fsp3) is 0. The van der Waals surface area contributed by atoms with Gasteiger partial charge in [-0.05, 0) is 0 Å². The van der Waals surface area contributed by atoms with E-state index in [9.17, 15) is 0 Å². The fourth-order valence-electron chi connectivity index (χ4n) is 7.45. The summed E-state index contributed by atoms with van der Waals surface area (Å²) >= 11 is 0.108. The second kappa shape index (κ2) is 12.9. The minimum atomic E-state index is 0.108. The van der Waals surface area contributed by atoms with Crippen LogP contribution in [0.3, 0.4) is 0 Å². The van der Waals surface area contributed by atoms with E-state index in [1.54, 1.807) is 0 Å². The third kappa shape index (κ3) is 5.60. The first-order valence-electron chi connectivity index (χ1n) is 17.6. The van der Waals surface area contributed by atoms with Gasteiger partial charge >= 0.3 is 310 Å². The van der Waals surface area contributed by atoms with Crippen molar-refractivity contribution in [3.05, 3.63) is 194 Å². The third-order valence-corrected chi connectivity index (χ3v) is 12.3. The van der Waals surface area contributed by atoms with Crippen molar-refractivity contribution in [2.24, 2.45) is 0 Å². The van der Waals surface area contributed by atoms with Crippen molar-refractivity contribution in [2.45, 2.75) is 0 Å². The quantitative estimate of drug-likeness (QED) is 0.155. The number of furan rings is 1. The summed E-state index contributed by atoms with van der Waals surface area (Å²) in [6.07, 6.45) is 0. The van der Waals surface area contributed by atoms with E-state index in [0.29, 0.717) is 0 Å². The summed E-state index contributed by atoms with van der Waals surface area (Å²) in [5.41, 5.74) is 15.5. The Bertz CT molecular complexity index is 2550. The molecule has 0 aliphatic heterocycles. The van der Waals surface area contributed by atoms with Crippen molar-refractivity contribution < 1.29 is 4.42 Å². The van der Waals surface area contributed by atoms with Crippen LogP contribution in [0, 0.1) is 0 Å². The molecule has 2 aromatic heterocycles. The summed E-state index contributed by atoms with van der Waals surface area (Å²) in [7, 11) is 0. The summed E-state index contributed by atoms with van der Waals surface area (Å²) in [4.78, 5) is 0. The van der Waals surface area contributed by atoms with Gasteiger partial charge in [0.2, 0.25) is 0 Å². The predicted octanol–water partition coefficient (Wildman–Crippen LogP) is 13.8. The van der Waals surface area contributed by atoms with Gasteiger partial charge in [0.15, 0.2) is 0 Å². The van der Waals surface area contributed by atoms with E-state index >= 15 is 0 Å². The molecule has 1 nitrogen and oxygen atoms in total. The van der Waals surface area contributed by atoms with Gasteiger partial charge in [0.25, 0.3) is 0 Å². The molecule has 0 aliphatic rings. The van der Waals surface area contributed by atoms with E-state index in [1.807, 2.05) is 0 Å². The van der Waals surface area contributed by atoms with E-state index in [-0.39, 0.29) is 14.5 Å². The van der Waals surface area contributed by atoms with Gasteiger partial charge in [0, 0.05) is 0 Å². The van der Waals surface area contributed by atoms with Crippen LogP contribution in [0.1, 0.15) is 0 Å². The van der Waals surface area contributed by atoms with Crippen LogP contribution in [0.25, 0.3) is 97.2 Å². The number of fused-ring (bicyclic) bond motifs is 5. The molecule has 8 aromatic carbocycles. The van der Waals surface area contributed by atoms with Crippen LogP contribution >= 0.6 is 0 Å². The Morgan fingerprint density at radius 2 is 0.654 bits per heavy atom. The Balaban J connectivity index is 1.13. The third-order valence-electron chi connectivity index (χ3n) is 10.1. The maximum atomic E-state index is 6.60. The van der Waals surface area contributed by atoms with Crippen LogP contribution < -0.4 is 0 Å². The monoisotopic (exact) mass is 728 g/mol. The van der Waals surface area contributed by atoms with Gasteiger partial charge < -0.3 is 0 Å². The second-order valence-corrected chi connectivity index (χ2v) is 15.5. The molecular weight excluding hydrogens is 696 g/mol. The average molecular weight is 728 g/mol. The molecule has 0 unspecified atom stereocenters. The molecule has 0 spiro atoms. The Morgan fingerprint density at radius 1 is 0.288 bits per heavy atom. The number of benzene rings is 8. The molecule has 2 heterocycles. The SMILES string of the molecule is c1ccc(-c2cc(-c3ccccc3)cc(-c3ccc4oc5[se]c6ccc(-c7cc(-c8ccccc8)cc(-c8ccccc8)c7)cc6c5c4c3)c2)cc1. The predicted molar refractivity (Wildman–Crippen MR) is 221 cm³/mol. The summed E-state index contributed by atoms with van der Waals surface area (Å²) in [5.74, 6) is 0. The number of hydrogen-bond acceptors (Lipinski definition) is 1. The van der Waals surface area contributed by atoms with Gasteiger partial charge in [-0.2, -0.15) is 0 Å². The molecule has 0 saturated heterocycles. The zero-order valence-electron chi connectivity index (χ0n) is 28.3. The summed E-state index contributed by atoms with van der Waals surface area (Å²) in [5, 5.41) is 3.72. The summed E-state index contributed by atoms with van der Waals surface area (Å²) < 4.78 is 9.08. The number of hydrogen-bond donors (Lipinski definition) is 0. The topological polar surface area (TPSA) is 13.1 Å². The van der Waals surface area contributed by atoms with Crippen molar-refractivity contribution in [1.82, 2.24) is 0 Å². The van der Waals surface area contributed by atoms with Crippen molar-refractivity contribution in [3.8, 4) is 66.8 Å². The molecule has 0 N–H and O–H groups in total. The van der Waals surface area contributed by atoms with E-state index in [2.05, 4.69) is 194 Å². The van der Waals surface area contributed by atoms with Crippen molar-refractivity contribution in [2.75, 3.05) is 0 Å². The second-order valence-electron chi connectivity index (χ2n) is 13.4. The molecule has 0 radical (unpaired) electrons. The van der Waals surface area contributed by atoms with Gasteiger partial charge in [0.05, 0.1) is 0 Å². The molecule has 0 fully saturated rings. The first-order valence-corrected chi connectivity index (χ1v) is 19.4. The van der Waals surface area contributed by atoms with Gasteiger partial charge in [-0.3, -0.25) is 0 Å². The van der Waals surface area contributed by atoms with Crippen LogP contribution in [0.15, 0.2) is 199 Å². The minimum absolute atomic E-state index is 0.108. The maximum absolute atomic E-state index is 6.60. The first kappa shape index (κ1) is 30.6. The molecule has 0 aliphatic carbocycles. The standard InChI is InChI=1S/C50H32OSe/c1-5-13-33(14-6-1)39-25-40(34-15-7-2-8-16-34)28-43(27-39)37-21-23-47-45(31-37)49-46-32-38(22-24-48(46)52-50(49)51-47)44-29-41(35-17-9-3-10-18-35)26-42(30-44)36-19-11-4-12-20-36/h1-32H. The molecule has 52 heavy (non-hydrogen) atoms. The zero-order valence-corrected chi connectivity index (χ0v) is 30.0. The first-order chi connectivity index (χ1) is 25.7. The van der Waals surface area contributed by atoms with Gasteiger partial charge in [-0.1, -0.05) is 0 Å². The Labute approximate surface area is 308 Å². The molecule has 0 bridgehead atoms. The molecular formula is C50H32OSe. The van der Waals surface area contributed by atoms with Crippen LogP contribution in [-0.4, -0.2) is 14.5 Å². The molecule has 0 atom stereocenters. The molecule has 10 aromatic rings. The average Bonchev–Trinajstić information content (AvgIpc) is 3.77. The van der Waals surface area contributed by atoms with E-state index in [1.165, 1.54) is 87.2 Å². The molecule has 0 amide bonds. The van der Waals surface area contributed by atoms with Gasteiger partial charge in [-0.25, -0.2) is 0 Å². The van der Waals surface area contributed by atoms with Gasteiger partial charge in [-0.15, -0.1) is 0 Å². The van der Waals surface area contributed by atoms with E-state index < -0.39 is 0 Å². The van der Waals surface area contributed by atoms with Crippen LogP contribution in [0.4, 0.5) is 0 Å². The van der Waals surface area contributed by atoms with Gasteiger partial charge in [0.1, 0.15) is 0 Å². The van der Waals surface area contributed by atoms with Crippen molar-refractivity contribution in [3.63, 3.8) is 0 Å². The summed E-state index contributed by atoms with van der Waals surface area (Å²) in [6, 6.07) is 70.4. The van der Waals surface area contributed by atoms with E-state index in [4.69, 9.17) is 4.42 Å². The van der Waals surface area contributed by atoms with Crippen LogP contribution in [0.2, 0.25) is 0 Å². The Kier molecular flexibility index (Phi) is 7.57. The normalized spacial score (nSPS) is 11.5. The zero-order chi connectivity index (χ0) is 34.4. The Morgan fingerprint density at radius 3 is 1.08 bits per heavy atom. The molecule has 0 saturated carbocycles. The molecule has 2 heteroatoms. The van der Waals surface area contributed by atoms with Crippen LogP contribution in [0.5, 0.6) is 0 Å². The van der Waals surface area contributed by atoms with Crippen LogP contribution in [-0.2, 0) is 0 Å².